The number of benzene rings is 1. The maximum atomic E-state index is 13.5. The molecule has 1 fully saturated rings. The Balaban J connectivity index is 1.98. The topological polar surface area (TPSA) is 36.3 Å². The van der Waals surface area contributed by atoms with E-state index in [4.69, 9.17) is 10.00 Å². The van der Waals surface area contributed by atoms with Crippen LogP contribution in [0.3, 0.4) is 0 Å². The Hall–Kier alpha value is -0.960. The van der Waals surface area contributed by atoms with Crippen molar-refractivity contribution in [3.8, 4) is 6.07 Å². The van der Waals surface area contributed by atoms with Crippen molar-refractivity contribution in [3.63, 3.8) is 0 Å². The van der Waals surface area contributed by atoms with Crippen LogP contribution in [0.1, 0.15) is 18.4 Å². The van der Waals surface area contributed by atoms with Crippen molar-refractivity contribution in [3.05, 3.63) is 34.1 Å². The average Bonchev–Trinajstić information content (AvgIpc) is 2.93. The molecule has 0 bridgehead atoms. The van der Waals surface area contributed by atoms with E-state index in [-0.39, 0.29) is 5.82 Å². The fraction of sp³-hybridized carbons (Fsp3) is 0.533. The minimum Gasteiger partial charge on any atom is -0.381 e. The van der Waals surface area contributed by atoms with Crippen LogP contribution in [-0.4, -0.2) is 31.2 Å². The van der Waals surface area contributed by atoms with Gasteiger partial charge in [-0.15, -0.1) is 0 Å². The first-order valence-corrected chi connectivity index (χ1v) is 7.59. The lowest BCUT2D eigenvalue weighted by Gasteiger charge is -2.24. The lowest BCUT2D eigenvalue weighted by Crippen LogP contribution is -2.30. The van der Waals surface area contributed by atoms with Crippen molar-refractivity contribution in [1.82, 2.24) is 4.90 Å². The zero-order chi connectivity index (χ0) is 14.4. The first-order chi connectivity index (χ1) is 9.69. The summed E-state index contributed by atoms with van der Waals surface area (Å²) in [5.41, 5.74) is 0.933. The fourth-order valence-corrected chi connectivity index (χ4v) is 2.68. The van der Waals surface area contributed by atoms with E-state index < -0.39 is 0 Å². The van der Waals surface area contributed by atoms with Gasteiger partial charge in [-0.2, -0.15) is 5.26 Å². The van der Waals surface area contributed by atoms with Crippen LogP contribution in [0.4, 0.5) is 4.39 Å². The number of ether oxygens (including phenoxy) is 1. The molecule has 0 aromatic heterocycles. The van der Waals surface area contributed by atoms with E-state index in [9.17, 15) is 4.39 Å². The third-order valence-electron chi connectivity index (χ3n) is 3.47. The van der Waals surface area contributed by atoms with Crippen LogP contribution in [0, 0.1) is 23.1 Å². The van der Waals surface area contributed by atoms with Gasteiger partial charge in [0.05, 0.1) is 17.1 Å². The Morgan fingerprint density at radius 3 is 3.00 bits per heavy atom. The molecule has 0 N–H and O–H groups in total. The zero-order valence-corrected chi connectivity index (χ0v) is 12.9. The minimum absolute atomic E-state index is 0.244. The molecule has 3 nitrogen and oxygen atoms in total. The molecule has 1 heterocycles. The van der Waals surface area contributed by atoms with Crippen LogP contribution in [-0.2, 0) is 11.3 Å². The van der Waals surface area contributed by atoms with Gasteiger partial charge in [-0.3, -0.25) is 4.90 Å². The van der Waals surface area contributed by atoms with Crippen molar-refractivity contribution in [2.75, 3.05) is 26.3 Å². The Bertz CT molecular complexity index is 483. The number of nitriles is 1. The van der Waals surface area contributed by atoms with Crippen LogP contribution < -0.4 is 0 Å². The predicted octanol–water partition coefficient (Wildman–Crippen LogP) is 3.34. The molecule has 5 heteroatoms. The van der Waals surface area contributed by atoms with Crippen molar-refractivity contribution in [1.29, 1.82) is 5.26 Å². The smallest absolute Gasteiger partial charge is 0.137 e. The Kier molecular flexibility index (Phi) is 5.96. The van der Waals surface area contributed by atoms with Crippen LogP contribution in [0.5, 0.6) is 0 Å². The molecule has 1 saturated heterocycles. The van der Waals surface area contributed by atoms with Crippen LogP contribution in [0.15, 0.2) is 22.7 Å². The molecule has 1 aliphatic heterocycles. The molecule has 108 valence electrons. The van der Waals surface area contributed by atoms with Gasteiger partial charge < -0.3 is 4.74 Å². The summed E-state index contributed by atoms with van der Waals surface area (Å²) in [6.07, 6.45) is 1.56. The normalized spacial score (nSPS) is 18.4. The average molecular weight is 341 g/mol. The SMILES string of the molecule is N#CCCN(Cc1ccc(Br)c(F)c1)C[C@@H]1CCOC1. The molecule has 1 aliphatic rings. The fourth-order valence-electron chi connectivity index (χ4n) is 2.43. The molecule has 20 heavy (non-hydrogen) atoms. The molecule has 0 saturated carbocycles. The molecular formula is C15H18BrFN2O. The molecule has 1 atom stereocenters. The zero-order valence-electron chi connectivity index (χ0n) is 11.3. The third kappa shape index (κ3) is 4.55. The van der Waals surface area contributed by atoms with Crippen molar-refractivity contribution in [2.24, 2.45) is 5.92 Å². The van der Waals surface area contributed by atoms with E-state index in [2.05, 4.69) is 26.9 Å². The maximum absolute atomic E-state index is 13.5. The second-order valence-electron chi connectivity index (χ2n) is 5.12. The third-order valence-corrected chi connectivity index (χ3v) is 4.11. The highest BCUT2D eigenvalue weighted by atomic mass is 79.9. The Morgan fingerprint density at radius 1 is 1.50 bits per heavy atom. The first-order valence-electron chi connectivity index (χ1n) is 6.80. The highest BCUT2D eigenvalue weighted by Crippen LogP contribution is 2.19. The summed E-state index contributed by atoms with van der Waals surface area (Å²) >= 11 is 3.16. The van der Waals surface area contributed by atoms with Gasteiger partial charge in [0.1, 0.15) is 5.82 Å². The second-order valence-corrected chi connectivity index (χ2v) is 5.98. The summed E-state index contributed by atoms with van der Waals surface area (Å²) in [6.45, 7) is 3.90. The highest BCUT2D eigenvalue weighted by molar-refractivity contribution is 9.10. The summed E-state index contributed by atoms with van der Waals surface area (Å²) in [5, 5.41) is 8.76. The van der Waals surface area contributed by atoms with Gasteiger partial charge in [0.15, 0.2) is 0 Å². The van der Waals surface area contributed by atoms with Gasteiger partial charge in [-0.25, -0.2) is 4.39 Å². The molecule has 1 aromatic carbocycles. The molecular weight excluding hydrogens is 323 g/mol. The number of halogens is 2. The number of rotatable bonds is 6. The van der Waals surface area contributed by atoms with Crippen molar-refractivity contribution in [2.45, 2.75) is 19.4 Å². The summed E-state index contributed by atoms with van der Waals surface area (Å²) in [7, 11) is 0. The van der Waals surface area contributed by atoms with E-state index >= 15 is 0 Å². The van der Waals surface area contributed by atoms with Crippen molar-refractivity contribution >= 4 is 15.9 Å². The number of hydrogen-bond acceptors (Lipinski definition) is 3. The summed E-state index contributed by atoms with van der Waals surface area (Å²) < 4.78 is 19.4. The summed E-state index contributed by atoms with van der Waals surface area (Å²) in [4.78, 5) is 2.21. The second kappa shape index (κ2) is 7.72. The molecule has 2 rings (SSSR count). The van der Waals surface area contributed by atoms with Crippen LogP contribution >= 0.6 is 15.9 Å². The Labute approximate surface area is 127 Å². The monoisotopic (exact) mass is 340 g/mol. The van der Waals surface area contributed by atoms with Gasteiger partial charge in [0.25, 0.3) is 0 Å². The molecule has 0 unspecified atom stereocenters. The first kappa shape index (κ1) is 15.4. The highest BCUT2D eigenvalue weighted by Gasteiger charge is 2.19. The molecule has 1 aromatic rings. The quantitative estimate of drug-likeness (QED) is 0.796. The van der Waals surface area contributed by atoms with Gasteiger partial charge in [-0.1, -0.05) is 6.07 Å². The summed E-state index contributed by atoms with van der Waals surface area (Å²) in [5.74, 6) is 0.279. The molecule has 0 aliphatic carbocycles. The van der Waals surface area contributed by atoms with Crippen LogP contribution in [0.2, 0.25) is 0 Å². The van der Waals surface area contributed by atoms with Gasteiger partial charge in [-0.05, 0) is 46.0 Å². The predicted molar refractivity (Wildman–Crippen MR) is 78.5 cm³/mol. The van der Waals surface area contributed by atoms with E-state index in [0.717, 1.165) is 31.7 Å². The molecule has 0 amide bonds. The van der Waals surface area contributed by atoms with E-state index in [1.54, 1.807) is 12.1 Å². The van der Waals surface area contributed by atoms with Gasteiger partial charge in [0.2, 0.25) is 0 Å². The lowest BCUT2D eigenvalue weighted by atomic mass is 10.1. The largest absolute Gasteiger partial charge is 0.381 e. The van der Waals surface area contributed by atoms with Gasteiger partial charge >= 0.3 is 0 Å². The maximum Gasteiger partial charge on any atom is 0.137 e. The van der Waals surface area contributed by atoms with E-state index in [1.165, 1.54) is 0 Å². The van der Waals surface area contributed by atoms with Gasteiger partial charge in [0, 0.05) is 32.7 Å². The lowest BCUT2D eigenvalue weighted by molar-refractivity contribution is 0.165. The van der Waals surface area contributed by atoms with E-state index in [1.807, 2.05) is 6.07 Å². The minimum atomic E-state index is -0.244. The number of nitrogens with zero attached hydrogens (tertiary/aromatic N) is 2. The van der Waals surface area contributed by atoms with Crippen molar-refractivity contribution < 1.29 is 9.13 Å². The molecule has 0 spiro atoms. The Morgan fingerprint density at radius 2 is 2.35 bits per heavy atom. The standard InChI is InChI=1S/C15H18BrFN2O/c16-14-3-2-12(8-15(14)17)9-19(6-1-5-18)10-13-4-7-20-11-13/h2-3,8,13H,1,4,6-7,9-11H2/t13-/m0/s1. The van der Waals surface area contributed by atoms with Crippen LogP contribution in [0.25, 0.3) is 0 Å². The summed E-state index contributed by atoms with van der Waals surface area (Å²) in [6, 6.07) is 7.37. The number of hydrogen-bond donors (Lipinski definition) is 0. The van der Waals surface area contributed by atoms with E-state index in [0.29, 0.717) is 29.9 Å². The molecule has 0 radical (unpaired) electrons.